The molecule has 5 heteroatoms. The summed E-state index contributed by atoms with van der Waals surface area (Å²) in [7, 11) is 1.63. The maximum absolute atomic E-state index is 6.29. The SMILES string of the molecule is CCNC(c1ccc(COC)o1)c1c(Cl)cccc1Cl. The quantitative estimate of drug-likeness (QED) is 0.856. The van der Waals surface area contributed by atoms with Crippen LogP contribution < -0.4 is 5.32 Å². The fraction of sp³-hybridized carbons (Fsp3) is 0.333. The maximum Gasteiger partial charge on any atom is 0.129 e. The first kappa shape index (κ1) is 15.4. The lowest BCUT2D eigenvalue weighted by Crippen LogP contribution is -2.22. The third-order valence-electron chi connectivity index (χ3n) is 2.95. The van der Waals surface area contributed by atoms with Gasteiger partial charge in [0.1, 0.15) is 18.1 Å². The highest BCUT2D eigenvalue weighted by Gasteiger charge is 2.22. The van der Waals surface area contributed by atoms with Crippen molar-refractivity contribution < 1.29 is 9.15 Å². The Morgan fingerprint density at radius 1 is 1.20 bits per heavy atom. The summed E-state index contributed by atoms with van der Waals surface area (Å²) in [6, 6.07) is 9.12. The summed E-state index contributed by atoms with van der Waals surface area (Å²) < 4.78 is 10.9. The van der Waals surface area contributed by atoms with Crippen molar-refractivity contribution in [3.05, 3.63) is 57.5 Å². The molecule has 0 saturated heterocycles. The lowest BCUT2D eigenvalue weighted by atomic mass is 10.0. The third-order valence-corrected chi connectivity index (χ3v) is 3.61. The van der Waals surface area contributed by atoms with Gasteiger partial charge in [-0.05, 0) is 30.8 Å². The van der Waals surface area contributed by atoms with Crippen molar-refractivity contribution >= 4 is 23.2 Å². The number of hydrogen-bond donors (Lipinski definition) is 1. The van der Waals surface area contributed by atoms with E-state index in [-0.39, 0.29) is 6.04 Å². The van der Waals surface area contributed by atoms with E-state index in [1.54, 1.807) is 7.11 Å². The molecule has 1 unspecified atom stereocenters. The number of methoxy groups -OCH3 is 1. The number of hydrogen-bond acceptors (Lipinski definition) is 3. The molecule has 0 spiro atoms. The Balaban J connectivity index is 2.39. The van der Waals surface area contributed by atoms with Gasteiger partial charge in [-0.2, -0.15) is 0 Å². The Kier molecular flexibility index (Phi) is 5.49. The van der Waals surface area contributed by atoms with Crippen molar-refractivity contribution in [1.29, 1.82) is 0 Å². The third kappa shape index (κ3) is 3.36. The number of ether oxygens (including phenoxy) is 1. The zero-order chi connectivity index (χ0) is 14.5. The average molecular weight is 314 g/mol. The molecule has 108 valence electrons. The van der Waals surface area contributed by atoms with Gasteiger partial charge in [0.2, 0.25) is 0 Å². The lowest BCUT2D eigenvalue weighted by Gasteiger charge is -2.18. The van der Waals surface area contributed by atoms with Crippen LogP contribution in [0.4, 0.5) is 0 Å². The summed E-state index contributed by atoms with van der Waals surface area (Å²) >= 11 is 12.6. The van der Waals surface area contributed by atoms with Crippen LogP contribution in [0.25, 0.3) is 0 Å². The molecule has 3 nitrogen and oxygen atoms in total. The Labute approximate surface area is 128 Å². The van der Waals surface area contributed by atoms with Crippen LogP contribution in [-0.2, 0) is 11.3 Å². The van der Waals surface area contributed by atoms with Crippen molar-refractivity contribution in [2.45, 2.75) is 19.6 Å². The molecule has 1 aromatic heterocycles. The van der Waals surface area contributed by atoms with E-state index in [0.29, 0.717) is 16.7 Å². The summed E-state index contributed by atoms with van der Waals surface area (Å²) in [5.74, 6) is 1.54. The molecule has 1 aromatic carbocycles. The molecule has 0 aliphatic heterocycles. The standard InChI is InChI=1S/C15H17Cl2NO2/c1-3-18-15(13-8-7-10(20-13)9-19-2)14-11(16)5-4-6-12(14)17/h4-8,15,18H,3,9H2,1-2H3. The van der Waals surface area contributed by atoms with Crippen LogP contribution in [-0.4, -0.2) is 13.7 Å². The Morgan fingerprint density at radius 2 is 1.90 bits per heavy atom. The van der Waals surface area contributed by atoms with Gasteiger partial charge in [0.05, 0.1) is 6.04 Å². The van der Waals surface area contributed by atoms with Crippen LogP contribution in [0.1, 0.15) is 30.0 Å². The van der Waals surface area contributed by atoms with E-state index < -0.39 is 0 Å². The van der Waals surface area contributed by atoms with Crippen LogP contribution in [0, 0.1) is 0 Å². The summed E-state index contributed by atoms with van der Waals surface area (Å²) in [4.78, 5) is 0. The second-order valence-electron chi connectivity index (χ2n) is 4.36. The number of furan rings is 1. The molecule has 0 aliphatic carbocycles. The molecule has 1 heterocycles. The van der Waals surface area contributed by atoms with Crippen molar-refractivity contribution in [2.24, 2.45) is 0 Å². The smallest absolute Gasteiger partial charge is 0.129 e. The first-order chi connectivity index (χ1) is 9.67. The van der Waals surface area contributed by atoms with Crippen LogP contribution in [0.3, 0.4) is 0 Å². The van der Waals surface area contributed by atoms with E-state index in [9.17, 15) is 0 Å². The summed E-state index contributed by atoms with van der Waals surface area (Å²) in [5.41, 5.74) is 0.830. The second-order valence-corrected chi connectivity index (χ2v) is 5.18. The van der Waals surface area contributed by atoms with Gasteiger partial charge in [-0.15, -0.1) is 0 Å². The van der Waals surface area contributed by atoms with Gasteiger partial charge in [-0.25, -0.2) is 0 Å². The van der Waals surface area contributed by atoms with E-state index in [0.717, 1.165) is 23.6 Å². The predicted octanol–water partition coefficient (Wildman–Crippen LogP) is 4.43. The maximum atomic E-state index is 6.29. The van der Waals surface area contributed by atoms with E-state index in [1.165, 1.54) is 0 Å². The molecular formula is C15H17Cl2NO2. The van der Waals surface area contributed by atoms with Crippen molar-refractivity contribution in [3.63, 3.8) is 0 Å². The van der Waals surface area contributed by atoms with Crippen LogP contribution in [0.15, 0.2) is 34.7 Å². The molecule has 0 bridgehead atoms. The van der Waals surface area contributed by atoms with Gasteiger partial charge >= 0.3 is 0 Å². The Bertz CT molecular complexity index is 549. The predicted molar refractivity (Wildman–Crippen MR) is 81.4 cm³/mol. The van der Waals surface area contributed by atoms with Gasteiger partial charge in [0.25, 0.3) is 0 Å². The van der Waals surface area contributed by atoms with Gasteiger partial charge in [-0.1, -0.05) is 36.2 Å². The number of rotatable bonds is 6. The Hall–Kier alpha value is -1.00. The monoisotopic (exact) mass is 313 g/mol. The molecule has 1 atom stereocenters. The van der Waals surface area contributed by atoms with Gasteiger partial charge < -0.3 is 14.5 Å². The molecule has 0 aliphatic rings. The summed E-state index contributed by atoms with van der Waals surface area (Å²) in [6.45, 7) is 3.23. The lowest BCUT2D eigenvalue weighted by molar-refractivity contribution is 0.162. The normalized spacial score (nSPS) is 12.6. The molecule has 2 rings (SSSR count). The van der Waals surface area contributed by atoms with E-state index >= 15 is 0 Å². The first-order valence-corrected chi connectivity index (χ1v) is 7.17. The fourth-order valence-corrected chi connectivity index (χ4v) is 2.72. The topological polar surface area (TPSA) is 34.4 Å². The van der Waals surface area contributed by atoms with Crippen molar-refractivity contribution in [1.82, 2.24) is 5.32 Å². The number of halogens is 2. The van der Waals surface area contributed by atoms with Crippen molar-refractivity contribution in [2.75, 3.05) is 13.7 Å². The molecular weight excluding hydrogens is 297 g/mol. The highest BCUT2D eigenvalue weighted by atomic mass is 35.5. The molecule has 0 fully saturated rings. The Morgan fingerprint density at radius 3 is 2.50 bits per heavy atom. The number of nitrogens with one attached hydrogen (secondary N) is 1. The average Bonchev–Trinajstić information content (AvgIpc) is 2.86. The van der Waals surface area contributed by atoms with Crippen LogP contribution in [0.2, 0.25) is 10.0 Å². The van der Waals surface area contributed by atoms with E-state index in [2.05, 4.69) is 5.32 Å². The largest absolute Gasteiger partial charge is 0.462 e. The molecule has 0 radical (unpaired) electrons. The molecule has 0 saturated carbocycles. The minimum atomic E-state index is -0.174. The van der Waals surface area contributed by atoms with Crippen LogP contribution in [0.5, 0.6) is 0 Å². The molecule has 1 N–H and O–H groups in total. The van der Waals surface area contributed by atoms with Gasteiger partial charge in [0, 0.05) is 22.7 Å². The zero-order valence-corrected chi connectivity index (χ0v) is 13.0. The van der Waals surface area contributed by atoms with Gasteiger partial charge in [0.15, 0.2) is 0 Å². The van der Waals surface area contributed by atoms with Gasteiger partial charge in [-0.3, -0.25) is 0 Å². The van der Waals surface area contributed by atoms with E-state index in [1.807, 2.05) is 37.3 Å². The molecule has 0 amide bonds. The minimum absolute atomic E-state index is 0.174. The minimum Gasteiger partial charge on any atom is -0.462 e. The van der Waals surface area contributed by atoms with Crippen LogP contribution >= 0.6 is 23.2 Å². The summed E-state index contributed by atoms with van der Waals surface area (Å²) in [6.07, 6.45) is 0. The van der Waals surface area contributed by atoms with E-state index in [4.69, 9.17) is 32.4 Å². The zero-order valence-electron chi connectivity index (χ0n) is 11.5. The first-order valence-electron chi connectivity index (χ1n) is 6.42. The fourth-order valence-electron chi connectivity index (χ4n) is 2.11. The highest BCUT2D eigenvalue weighted by molar-refractivity contribution is 6.36. The molecule has 2 aromatic rings. The highest BCUT2D eigenvalue weighted by Crippen LogP contribution is 2.34. The summed E-state index contributed by atoms with van der Waals surface area (Å²) in [5, 5.41) is 4.59. The number of benzene rings is 1. The second kappa shape index (κ2) is 7.14. The molecule has 20 heavy (non-hydrogen) atoms. The van der Waals surface area contributed by atoms with Crippen molar-refractivity contribution in [3.8, 4) is 0 Å².